The summed E-state index contributed by atoms with van der Waals surface area (Å²) in [5.41, 5.74) is 8.96. The molecule has 3 atom stereocenters. The molecule has 2 amide bonds. The van der Waals surface area contributed by atoms with Gasteiger partial charge in [-0.1, -0.05) is 51.8 Å². The Morgan fingerprint density at radius 1 is 1.38 bits per heavy atom. The van der Waals surface area contributed by atoms with E-state index in [9.17, 15) is 9.90 Å². The highest BCUT2D eigenvalue weighted by atomic mass is 16.3. The van der Waals surface area contributed by atoms with Gasteiger partial charge in [-0.25, -0.2) is 4.79 Å². The minimum Gasteiger partial charge on any atom is -0.388 e. The number of nitrogens with zero attached hydrogens (tertiary/aromatic N) is 1. The average molecular weight is 330 g/mol. The number of carbonyl (C=O) groups is 1. The first-order valence-electron chi connectivity index (χ1n) is 9.14. The van der Waals surface area contributed by atoms with E-state index in [0.29, 0.717) is 19.0 Å². The molecule has 1 aromatic carbocycles. The number of hydrogen-bond acceptors (Lipinski definition) is 2. The van der Waals surface area contributed by atoms with Crippen LogP contribution < -0.4 is 5.73 Å². The first-order valence-corrected chi connectivity index (χ1v) is 9.14. The molecule has 3 rings (SSSR count). The van der Waals surface area contributed by atoms with Gasteiger partial charge in [-0.05, 0) is 46.8 Å². The smallest absolute Gasteiger partial charge is 0.315 e. The number of nitrogens with two attached hydrogens (primary N) is 1. The van der Waals surface area contributed by atoms with Gasteiger partial charge in [0.1, 0.15) is 0 Å². The second-order valence-corrected chi connectivity index (χ2v) is 8.37. The second kappa shape index (κ2) is 6.40. The Kier molecular flexibility index (Phi) is 4.60. The zero-order chi connectivity index (χ0) is 17.5. The Bertz CT molecular complexity index is 626. The molecule has 0 radical (unpaired) electrons. The summed E-state index contributed by atoms with van der Waals surface area (Å²) in [4.78, 5) is 13.0. The summed E-state index contributed by atoms with van der Waals surface area (Å²) in [6.45, 7) is 8.09. The van der Waals surface area contributed by atoms with Gasteiger partial charge < -0.3 is 15.7 Å². The fourth-order valence-electron chi connectivity index (χ4n) is 4.89. The largest absolute Gasteiger partial charge is 0.388 e. The summed E-state index contributed by atoms with van der Waals surface area (Å²) in [5.74, 6) is 0.820. The molecule has 1 unspecified atom stereocenters. The molecule has 4 nitrogen and oxygen atoms in total. The van der Waals surface area contributed by atoms with Crippen LogP contribution in [0.2, 0.25) is 0 Å². The number of carbonyl (C=O) groups excluding carboxylic acids is 1. The molecule has 132 valence electrons. The van der Waals surface area contributed by atoms with E-state index in [1.54, 1.807) is 4.90 Å². The molecule has 1 aromatic rings. The Morgan fingerprint density at radius 2 is 2.12 bits per heavy atom. The number of hydrogen-bond donors (Lipinski definition) is 2. The standard InChI is InChI=1S/C20H30N2O2/c1-13-5-4-9-20(2,3)17(13)18(23)15-6-7-16-12-22(19(21)24)10-8-14(16)11-15/h6-7,11,13,17-18,23H,4-5,8-10,12H2,1-3H3,(H2,21,24)/t13-,17-,18?/m0/s1. The van der Waals surface area contributed by atoms with Crippen molar-refractivity contribution in [3.05, 3.63) is 34.9 Å². The average Bonchev–Trinajstić information content (AvgIpc) is 2.52. The molecule has 2 aliphatic rings. The number of rotatable bonds is 2. The van der Waals surface area contributed by atoms with Crippen LogP contribution in [-0.4, -0.2) is 22.6 Å². The molecule has 3 N–H and O–H groups in total. The van der Waals surface area contributed by atoms with Crippen LogP contribution in [0, 0.1) is 17.3 Å². The molecule has 1 aliphatic heterocycles. The lowest BCUT2D eigenvalue weighted by Crippen LogP contribution is -2.40. The lowest BCUT2D eigenvalue weighted by molar-refractivity contribution is -0.0293. The third-order valence-corrected chi connectivity index (χ3v) is 6.23. The Morgan fingerprint density at radius 3 is 2.79 bits per heavy atom. The Labute approximate surface area is 145 Å². The Balaban J connectivity index is 1.84. The van der Waals surface area contributed by atoms with Crippen LogP contribution >= 0.6 is 0 Å². The molecule has 1 aliphatic carbocycles. The molecule has 1 heterocycles. The van der Waals surface area contributed by atoms with Gasteiger partial charge in [-0.15, -0.1) is 0 Å². The predicted molar refractivity (Wildman–Crippen MR) is 95.4 cm³/mol. The quantitative estimate of drug-likeness (QED) is 0.870. The molecular formula is C20H30N2O2. The summed E-state index contributed by atoms with van der Waals surface area (Å²) in [6, 6.07) is 5.88. The number of amides is 2. The third kappa shape index (κ3) is 3.16. The highest BCUT2D eigenvalue weighted by Crippen LogP contribution is 2.49. The van der Waals surface area contributed by atoms with Gasteiger partial charge in [-0.3, -0.25) is 0 Å². The van der Waals surface area contributed by atoms with Crippen molar-refractivity contribution in [2.45, 2.75) is 59.1 Å². The number of fused-ring (bicyclic) bond motifs is 1. The van der Waals surface area contributed by atoms with Crippen molar-refractivity contribution in [3.63, 3.8) is 0 Å². The van der Waals surface area contributed by atoms with E-state index in [4.69, 9.17) is 5.73 Å². The normalized spacial score (nSPS) is 27.4. The minimum atomic E-state index is -0.422. The summed E-state index contributed by atoms with van der Waals surface area (Å²) >= 11 is 0. The number of aliphatic hydroxyl groups excluding tert-OH is 1. The monoisotopic (exact) mass is 330 g/mol. The number of urea groups is 1. The maximum atomic E-state index is 11.4. The van der Waals surface area contributed by atoms with Gasteiger partial charge in [0.05, 0.1) is 6.10 Å². The van der Waals surface area contributed by atoms with Gasteiger partial charge >= 0.3 is 6.03 Å². The molecule has 0 bridgehead atoms. The second-order valence-electron chi connectivity index (χ2n) is 8.37. The summed E-state index contributed by atoms with van der Waals surface area (Å²) in [6.07, 6.45) is 4.02. The number of aliphatic hydroxyl groups is 1. The molecule has 0 aromatic heterocycles. The van der Waals surface area contributed by atoms with E-state index in [2.05, 4.69) is 32.9 Å². The lowest BCUT2D eigenvalue weighted by Gasteiger charge is -2.45. The fourth-order valence-corrected chi connectivity index (χ4v) is 4.89. The zero-order valence-electron chi connectivity index (χ0n) is 15.1. The minimum absolute atomic E-state index is 0.162. The predicted octanol–water partition coefficient (Wildman–Crippen LogP) is 3.62. The molecular weight excluding hydrogens is 300 g/mol. The Hall–Kier alpha value is -1.55. The van der Waals surface area contributed by atoms with Crippen molar-refractivity contribution in [2.75, 3.05) is 6.54 Å². The molecule has 24 heavy (non-hydrogen) atoms. The van der Waals surface area contributed by atoms with Crippen LogP contribution in [0.25, 0.3) is 0 Å². The fraction of sp³-hybridized carbons (Fsp3) is 0.650. The van der Waals surface area contributed by atoms with Crippen LogP contribution in [0.15, 0.2) is 18.2 Å². The highest BCUT2D eigenvalue weighted by Gasteiger charge is 2.41. The van der Waals surface area contributed by atoms with Crippen molar-refractivity contribution in [1.82, 2.24) is 4.90 Å². The van der Waals surface area contributed by atoms with Gasteiger partial charge in [0.15, 0.2) is 0 Å². The van der Waals surface area contributed by atoms with E-state index >= 15 is 0 Å². The van der Waals surface area contributed by atoms with Gasteiger partial charge in [0, 0.05) is 13.1 Å². The van der Waals surface area contributed by atoms with Crippen molar-refractivity contribution in [3.8, 4) is 0 Å². The maximum absolute atomic E-state index is 11.4. The number of primary amides is 1. The van der Waals surface area contributed by atoms with Crippen LogP contribution in [0.5, 0.6) is 0 Å². The van der Waals surface area contributed by atoms with Crippen molar-refractivity contribution >= 4 is 6.03 Å². The van der Waals surface area contributed by atoms with Gasteiger partial charge in [0.25, 0.3) is 0 Å². The molecule has 0 spiro atoms. The first kappa shape index (κ1) is 17.3. The van der Waals surface area contributed by atoms with Crippen LogP contribution in [0.3, 0.4) is 0 Å². The molecule has 4 heteroatoms. The molecule has 0 saturated heterocycles. The first-order chi connectivity index (χ1) is 11.3. The highest BCUT2D eigenvalue weighted by molar-refractivity contribution is 5.72. The van der Waals surface area contributed by atoms with Gasteiger partial charge in [-0.2, -0.15) is 0 Å². The topological polar surface area (TPSA) is 66.6 Å². The van der Waals surface area contributed by atoms with Crippen LogP contribution in [-0.2, 0) is 13.0 Å². The summed E-state index contributed by atoms with van der Waals surface area (Å²) in [5, 5.41) is 11.1. The van der Waals surface area contributed by atoms with Crippen molar-refractivity contribution < 1.29 is 9.90 Å². The maximum Gasteiger partial charge on any atom is 0.315 e. The summed E-state index contributed by atoms with van der Waals surface area (Å²) in [7, 11) is 0. The zero-order valence-corrected chi connectivity index (χ0v) is 15.1. The number of benzene rings is 1. The van der Waals surface area contributed by atoms with E-state index < -0.39 is 6.10 Å². The van der Waals surface area contributed by atoms with E-state index in [0.717, 1.165) is 17.5 Å². The van der Waals surface area contributed by atoms with Crippen molar-refractivity contribution in [2.24, 2.45) is 23.0 Å². The SMILES string of the molecule is C[C@H]1CCCC(C)(C)[C@@H]1C(O)c1ccc2c(c1)CCN(C(N)=O)C2. The van der Waals surface area contributed by atoms with Crippen LogP contribution in [0.4, 0.5) is 4.79 Å². The van der Waals surface area contributed by atoms with Crippen molar-refractivity contribution in [1.29, 1.82) is 0 Å². The van der Waals surface area contributed by atoms with E-state index in [1.165, 1.54) is 24.8 Å². The van der Waals surface area contributed by atoms with Crippen LogP contribution in [0.1, 0.15) is 62.8 Å². The van der Waals surface area contributed by atoms with E-state index in [-0.39, 0.29) is 17.4 Å². The summed E-state index contributed by atoms with van der Waals surface area (Å²) < 4.78 is 0. The lowest BCUT2D eigenvalue weighted by atomic mass is 9.61. The molecule has 1 fully saturated rings. The third-order valence-electron chi connectivity index (χ3n) is 6.23. The molecule has 1 saturated carbocycles. The van der Waals surface area contributed by atoms with E-state index in [1.807, 2.05) is 6.07 Å². The van der Waals surface area contributed by atoms with Gasteiger partial charge in [0.2, 0.25) is 0 Å².